The number of aliphatic hydroxyl groups excluding tert-OH is 1. The molecule has 0 radical (unpaired) electrons. The monoisotopic (exact) mass is 164 g/mol. The van der Waals surface area contributed by atoms with Gasteiger partial charge in [-0.3, -0.25) is 0 Å². The van der Waals surface area contributed by atoms with Crippen LogP contribution in [-0.2, 0) is 14.2 Å². The molecule has 0 rings (SSSR count). The van der Waals surface area contributed by atoms with E-state index in [-0.39, 0.29) is 6.61 Å². The van der Waals surface area contributed by atoms with Crippen molar-refractivity contribution in [1.82, 2.24) is 0 Å². The molecule has 0 aromatic heterocycles. The Labute approximate surface area is 67.1 Å². The van der Waals surface area contributed by atoms with E-state index in [1.807, 2.05) is 0 Å². The maximum Gasteiger partial charge on any atom is 0.188 e. The van der Waals surface area contributed by atoms with Crippen molar-refractivity contribution in [3.8, 4) is 0 Å². The van der Waals surface area contributed by atoms with E-state index < -0.39 is 5.79 Å². The highest BCUT2D eigenvalue weighted by molar-refractivity contribution is 4.58. The normalized spacial score (nSPS) is 12.0. The van der Waals surface area contributed by atoms with E-state index in [9.17, 15) is 0 Å². The van der Waals surface area contributed by atoms with Crippen molar-refractivity contribution in [1.29, 1.82) is 0 Å². The highest BCUT2D eigenvalue weighted by Gasteiger charge is 2.22. The van der Waals surface area contributed by atoms with Crippen LogP contribution >= 0.6 is 0 Å². The van der Waals surface area contributed by atoms with Gasteiger partial charge in [0.25, 0.3) is 0 Å². The molecule has 4 nitrogen and oxygen atoms in total. The van der Waals surface area contributed by atoms with Gasteiger partial charge in [-0.05, 0) is 6.92 Å². The highest BCUT2D eigenvalue weighted by atomic mass is 16.7. The van der Waals surface area contributed by atoms with Crippen molar-refractivity contribution < 1.29 is 19.3 Å². The molecule has 0 bridgehead atoms. The molecule has 11 heavy (non-hydrogen) atoms. The number of rotatable bonds is 6. The van der Waals surface area contributed by atoms with Crippen LogP contribution in [0.25, 0.3) is 0 Å². The van der Waals surface area contributed by atoms with Crippen molar-refractivity contribution in [3.63, 3.8) is 0 Å². The third-order valence-corrected chi connectivity index (χ3v) is 1.46. The van der Waals surface area contributed by atoms with Gasteiger partial charge in [0, 0.05) is 14.2 Å². The quantitative estimate of drug-likeness (QED) is 0.443. The van der Waals surface area contributed by atoms with Crippen LogP contribution in [0.15, 0.2) is 0 Å². The molecule has 0 fully saturated rings. The maximum absolute atomic E-state index is 8.40. The Hall–Kier alpha value is -0.160. The molecule has 0 aliphatic heterocycles. The van der Waals surface area contributed by atoms with Crippen LogP contribution in [0.5, 0.6) is 0 Å². The summed E-state index contributed by atoms with van der Waals surface area (Å²) in [5, 5.41) is 8.40. The van der Waals surface area contributed by atoms with Crippen molar-refractivity contribution >= 4 is 0 Å². The zero-order valence-electron chi connectivity index (χ0n) is 7.29. The molecule has 0 aliphatic rings. The molecule has 68 valence electrons. The van der Waals surface area contributed by atoms with Crippen LogP contribution in [-0.4, -0.2) is 44.9 Å². The molecular weight excluding hydrogens is 148 g/mol. The fourth-order valence-corrected chi connectivity index (χ4v) is 0.523. The smallest absolute Gasteiger partial charge is 0.188 e. The summed E-state index contributed by atoms with van der Waals surface area (Å²) in [6.45, 7) is 2.41. The predicted molar refractivity (Wildman–Crippen MR) is 40.3 cm³/mol. The van der Waals surface area contributed by atoms with Gasteiger partial charge in [0.2, 0.25) is 0 Å². The van der Waals surface area contributed by atoms with E-state index in [2.05, 4.69) is 0 Å². The Morgan fingerprint density at radius 2 is 1.82 bits per heavy atom. The van der Waals surface area contributed by atoms with Crippen LogP contribution < -0.4 is 0 Å². The second-order valence-electron chi connectivity index (χ2n) is 2.32. The molecule has 0 aliphatic carbocycles. The number of ether oxygens (including phenoxy) is 3. The van der Waals surface area contributed by atoms with E-state index in [1.54, 1.807) is 21.1 Å². The lowest BCUT2D eigenvalue weighted by Crippen LogP contribution is -2.35. The molecule has 0 heterocycles. The van der Waals surface area contributed by atoms with Crippen LogP contribution in [0.2, 0.25) is 0 Å². The fraction of sp³-hybridized carbons (Fsp3) is 1.00. The summed E-state index contributed by atoms with van der Waals surface area (Å²) >= 11 is 0. The van der Waals surface area contributed by atoms with Crippen LogP contribution in [0.1, 0.15) is 6.92 Å². The Bertz CT molecular complexity index is 90.4. The first kappa shape index (κ1) is 10.8. The van der Waals surface area contributed by atoms with Crippen LogP contribution in [0.4, 0.5) is 0 Å². The van der Waals surface area contributed by atoms with Gasteiger partial charge < -0.3 is 19.3 Å². The van der Waals surface area contributed by atoms with E-state index in [1.165, 1.54) is 0 Å². The summed E-state index contributed by atoms with van der Waals surface area (Å²) in [6.07, 6.45) is 0. The highest BCUT2D eigenvalue weighted by Crippen LogP contribution is 2.09. The molecule has 0 aromatic carbocycles. The molecule has 0 amide bonds. The van der Waals surface area contributed by atoms with Gasteiger partial charge >= 0.3 is 0 Å². The Morgan fingerprint density at radius 1 is 1.27 bits per heavy atom. The SMILES string of the molecule is COC(C)(COCCO)OC. The Balaban J connectivity index is 3.51. The second-order valence-corrected chi connectivity index (χ2v) is 2.32. The number of aliphatic hydroxyl groups is 1. The maximum atomic E-state index is 8.40. The average Bonchev–Trinajstić information content (AvgIpc) is 2.05. The summed E-state index contributed by atoms with van der Waals surface area (Å²) in [5.41, 5.74) is 0. The predicted octanol–water partition coefficient (Wildman–Crippen LogP) is 0.00430. The standard InChI is InChI=1S/C7H16O4/c1-7(9-2,10-3)6-11-5-4-8/h8H,4-6H2,1-3H3. The first-order valence-corrected chi connectivity index (χ1v) is 3.47. The molecule has 0 saturated carbocycles. The van der Waals surface area contributed by atoms with Crippen molar-refractivity contribution in [3.05, 3.63) is 0 Å². The first-order chi connectivity index (χ1) is 5.18. The minimum atomic E-state index is -0.699. The number of hydrogen-bond donors (Lipinski definition) is 1. The van der Waals surface area contributed by atoms with E-state index in [0.29, 0.717) is 13.2 Å². The largest absolute Gasteiger partial charge is 0.394 e. The van der Waals surface area contributed by atoms with Crippen LogP contribution in [0, 0.1) is 0 Å². The lowest BCUT2D eigenvalue weighted by molar-refractivity contribution is -0.223. The van der Waals surface area contributed by atoms with Crippen LogP contribution in [0.3, 0.4) is 0 Å². The summed E-state index contributed by atoms with van der Waals surface area (Å²) in [4.78, 5) is 0. The number of hydrogen-bond acceptors (Lipinski definition) is 4. The lowest BCUT2D eigenvalue weighted by Gasteiger charge is -2.25. The first-order valence-electron chi connectivity index (χ1n) is 3.47. The van der Waals surface area contributed by atoms with Gasteiger partial charge in [0.1, 0.15) is 6.61 Å². The topological polar surface area (TPSA) is 47.9 Å². The Morgan fingerprint density at radius 3 is 2.18 bits per heavy atom. The summed E-state index contributed by atoms with van der Waals surface area (Å²) in [5.74, 6) is -0.699. The van der Waals surface area contributed by atoms with Crippen molar-refractivity contribution in [2.45, 2.75) is 12.7 Å². The van der Waals surface area contributed by atoms with Gasteiger partial charge in [-0.15, -0.1) is 0 Å². The van der Waals surface area contributed by atoms with Gasteiger partial charge in [-0.25, -0.2) is 0 Å². The zero-order chi connectivity index (χ0) is 8.74. The summed E-state index contributed by atoms with van der Waals surface area (Å²) < 4.78 is 15.0. The third kappa shape index (κ3) is 4.31. The van der Waals surface area contributed by atoms with E-state index >= 15 is 0 Å². The fourth-order valence-electron chi connectivity index (χ4n) is 0.523. The molecule has 1 N–H and O–H groups in total. The zero-order valence-corrected chi connectivity index (χ0v) is 7.29. The van der Waals surface area contributed by atoms with E-state index in [4.69, 9.17) is 19.3 Å². The summed E-state index contributed by atoms with van der Waals surface area (Å²) in [6, 6.07) is 0. The molecule has 0 saturated heterocycles. The molecule has 0 aromatic rings. The number of methoxy groups -OCH3 is 2. The van der Waals surface area contributed by atoms with E-state index in [0.717, 1.165) is 0 Å². The van der Waals surface area contributed by atoms with Crippen molar-refractivity contribution in [2.24, 2.45) is 0 Å². The average molecular weight is 164 g/mol. The second kappa shape index (κ2) is 5.49. The molecule has 0 spiro atoms. The third-order valence-electron chi connectivity index (χ3n) is 1.46. The molecular formula is C7H16O4. The molecule has 0 unspecified atom stereocenters. The van der Waals surface area contributed by atoms with Gasteiger partial charge in [-0.2, -0.15) is 0 Å². The minimum Gasteiger partial charge on any atom is -0.394 e. The Kier molecular flexibility index (Phi) is 5.41. The molecule has 0 atom stereocenters. The van der Waals surface area contributed by atoms with Gasteiger partial charge in [-0.1, -0.05) is 0 Å². The van der Waals surface area contributed by atoms with Gasteiger partial charge in [0.05, 0.1) is 13.2 Å². The summed E-state index contributed by atoms with van der Waals surface area (Å²) in [7, 11) is 3.09. The van der Waals surface area contributed by atoms with Gasteiger partial charge in [0.15, 0.2) is 5.79 Å². The lowest BCUT2D eigenvalue weighted by atomic mass is 10.3. The minimum absolute atomic E-state index is 0.0174. The van der Waals surface area contributed by atoms with Crippen molar-refractivity contribution in [2.75, 3.05) is 34.0 Å². The molecule has 4 heteroatoms.